The first-order chi connectivity index (χ1) is 10.8. The number of hydrogen-bond acceptors (Lipinski definition) is 2. The van der Waals surface area contributed by atoms with Gasteiger partial charge in [0.1, 0.15) is 0 Å². The van der Waals surface area contributed by atoms with Gasteiger partial charge in [-0.15, -0.1) is 11.3 Å². The van der Waals surface area contributed by atoms with Gasteiger partial charge in [-0.1, -0.05) is 60.7 Å². The standard InChI is InChI=1S/C19H20N2S/c1-15-18(17-11-7-4-8-12-17)21(2)19(22-15)20-14-13-16-9-5-3-6-10-16/h3-12H,13-14H2,1-2H3. The van der Waals surface area contributed by atoms with Crippen LogP contribution in [-0.2, 0) is 13.5 Å². The third-order valence-electron chi connectivity index (χ3n) is 3.74. The van der Waals surface area contributed by atoms with E-state index in [0.29, 0.717) is 0 Å². The lowest BCUT2D eigenvalue weighted by molar-refractivity contribution is 0.833. The van der Waals surface area contributed by atoms with Crippen molar-refractivity contribution < 1.29 is 0 Å². The van der Waals surface area contributed by atoms with E-state index >= 15 is 0 Å². The summed E-state index contributed by atoms with van der Waals surface area (Å²) in [5, 5.41) is 0. The maximum atomic E-state index is 4.79. The zero-order chi connectivity index (χ0) is 15.4. The number of nitrogens with zero attached hydrogens (tertiary/aromatic N) is 2. The molecular weight excluding hydrogens is 288 g/mol. The molecule has 0 atom stereocenters. The molecule has 3 rings (SSSR count). The number of aromatic nitrogens is 1. The lowest BCUT2D eigenvalue weighted by Crippen LogP contribution is -2.12. The molecular formula is C19H20N2S. The molecule has 1 heterocycles. The predicted octanol–water partition coefficient (Wildman–Crippen LogP) is 4.21. The van der Waals surface area contributed by atoms with Crippen molar-refractivity contribution in [1.29, 1.82) is 0 Å². The van der Waals surface area contributed by atoms with Crippen molar-refractivity contribution >= 4 is 11.3 Å². The van der Waals surface area contributed by atoms with E-state index in [2.05, 4.69) is 79.2 Å². The van der Waals surface area contributed by atoms with E-state index in [1.165, 1.54) is 21.7 Å². The quantitative estimate of drug-likeness (QED) is 0.687. The third kappa shape index (κ3) is 3.20. The first kappa shape index (κ1) is 14.8. The molecule has 0 saturated carbocycles. The van der Waals surface area contributed by atoms with Gasteiger partial charge in [0.15, 0.2) is 4.80 Å². The van der Waals surface area contributed by atoms with E-state index in [-0.39, 0.29) is 0 Å². The number of aryl methyl sites for hydroxylation is 1. The average Bonchev–Trinajstić information content (AvgIpc) is 2.83. The van der Waals surface area contributed by atoms with E-state index in [9.17, 15) is 0 Å². The van der Waals surface area contributed by atoms with Gasteiger partial charge in [-0.2, -0.15) is 0 Å². The third-order valence-corrected chi connectivity index (χ3v) is 4.82. The van der Waals surface area contributed by atoms with E-state index < -0.39 is 0 Å². The normalized spacial score (nSPS) is 11.8. The van der Waals surface area contributed by atoms with Gasteiger partial charge < -0.3 is 4.57 Å². The highest BCUT2D eigenvalue weighted by molar-refractivity contribution is 7.09. The Balaban J connectivity index is 1.85. The van der Waals surface area contributed by atoms with Crippen LogP contribution in [-0.4, -0.2) is 11.1 Å². The lowest BCUT2D eigenvalue weighted by atomic mass is 10.1. The molecule has 22 heavy (non-hydrogen) atoms. The monoisotopic (exact) mass is 308 g/mol. The molecule has 3 heteroatoms. The van der Waals surface area contributed by atoms with Crippen LogP contribution in [0, 0.1) is 6.92 Å². The van der Waals surface area contributed by atoms with Crippen molar-refractivity contribution in [2.45, 2.75) is 13.3 Å². The van der Waals surface area contributed by atoms with Crippen LogP contribution in [0.3, 0.4) is 0 Å². The van der Waals surface area contributed by atoms with Crippen LogP contribution >= 0.6 is 11.3 Å². The van der Waals surface area contributed by atoms with E-state index in [4.69, 9.17) is 4.99 Å². The fraction of sp³-hybridized carbons (Fsp3) is 0.211. The predicted molar refractivity (Wildman–Crippen MR) is 94.0 cm³/mol. The number of benzene rings is 2. The van der Waals surface area contributed by atoms with E-state index in [1.54, 1.807) is 11.3 Å². The highest BCUT2D eigenvalue weighted by Crippen LogP contribution is 2.23. The SMILES string of the molecule is Cc1sc(=NCCc2ccccc2)n(C)c1-c1ccccc1. The largest absolute Gasteiger partial charge is 0.320 e. The molecule has 0 radical (unpaired) electrons. The van der Waals surface area contributed by atoms with Gasteiger partial charge in [-0.05, 0) is 24.5 Å². The van der Waals surface area contributed by atoms with Crippen molar-refractivity contribution in [3.05, 3.63) is 75.9 Å². The smallest absolute Gasteiger partial charge is 0.185 e. The first-order valence-corrected chi connectivity index (χ1v) is 8.33. The van der Waals surface area contributed by atoms with Crippen LogP contribution in [0.2, 0.25) is 0 Å². The second-order valence-electron chi connectivity index (χ2n) is 5.33. The van der Waals surface area contributed by atoms with Crippen molar-refractivity contribution in [3.8, 4) is 11.3 Å². The Hall–Kier alpha value is -2.13. The summed E-state index contributed by atoms with van der Waals surface area (Å²) in [7, 11) is 2.10. The summed E-state index contributed by atoms with van der Waals surface area (Å²) in [6.07, 6.45) is 0.985. The maximum Gasteiger partial charge on any atom is 0.185 e. The summed E-state index contributed by atoms with van der Waals surface area (Å²) < 4.78 is 2.21. The minimum atomic E-state index is 0.825. The summed E-state index contributed by atoms with van der Waals surface area (Å²) in [6.45, 7) is 3.00. The average molecular weight is 308 g/mol. The van der Waals surface area contributed by atoms with Crippen LogP contribution in [0.4, 0.5) is 0 Å². The molecule has 0 aliphatic carbocycles. The van der Waals surface area contributed by atoms with E-state index in [0.717, 1.165) is 17.8 Å². The van der Waals surface area contributed by atoms with Crippen molar-refractivity contribution in [2.24, 2.45) is 12.0 Å². The Morgan fingerprint density at radius 1 is 0.955 bits per heavy atom. The van der Waals surface area contributed by atoms with Crippen LogP contribution in [0.15, 0.2) is 65.7 Å². The molecule has 0 N–H and O–H groups in total. The zero-order valence-electron chi connectivity index (χ0n) is 13.0. The van der Waals surface area contributed by atoms with E-state index in [1.807, 2.05) is 0 Å². The number of hydrogen-bond donors (Lipinski definition) is 0. The van der Waals surface area contributed by atoms with Gasteiger partial charge >= 0.3 is 0 Å². The molecule has 3 aromatic rings. The Morgan fingerprint density at radius 3 is 2.27 bits per heavy atom. The van der Waals surface area contributed by atoms with Crippen LogP contribution in [0.5, 0.6) is 0 Å². The summed E-state index contributed by atoms with van der Waals surface area (Å²) in [4.78, 5) is 7.19. The molecule has 0 unspecified atom stereocenters. The van der Waals surface area contributed by atoms with Gasteiger partial charge in [0.2, 0.25) is 0 Å². The zero-order valence-corrected chi connectivity index (χ0v) is 13.8. The molecule has 0 saturated heterocycles. The number of thiazole rings is 1. The minimum absolute atomic E-state index is 0.825. The Kier molecular flexibility index (Phi) is 4.54. The second kappa shape index (κ2) is 6.75. The Labute approximate surface area is 135 Å². The molecule has 0 aliphatic heterocycles. The van der Waals surface area contributed by atoms with Gasteiger partial charge in [0, 0.05) is 18.5 Å². The molecule has 2 aromatic carbocycles. The molecule has 1 aromatic heterocycles. The lowest BCUT2D eigenvalue weighted by Gasteiger charge is -2.04. The summed E-state index contributed by atoms with van der Waals surface area (Å²) in [6, 6.07) is 21.1. The summed E-state index contributed by atoms with van der Waals surface area (Å²) >= 11 is 1.77. The summed E-state index contributed by atoms with van der Waals surface area (Å²) in [5.74, 6) is 0. The fourth-order valence-electron chi connectivity index (χ4n) is 2.64. The molecule has 0 spiro atoms. The van der Waals surface area contributed by atoms with Crippen LogP contribution < -0.4 is 4.80 Å². The second-order valence-corrected chi connectivity index (χ2v) is 6.51. The highest BCUT2D eigenvalue weighted by atomic mass is 32.1. The van der Waals surface area contributed by atoms with Crippen molar-refractivity contribution in [2.75, 3.05) is 6.54 Å². The Bertz CT molecular complexity index is 798. The highest BCUT2D eigenvalue weighted by Gasteiger charge is 2.09. The summed E-state index contributed by atoms with van der Waals surface area (Å²) in [5.41, 5.74) is 3.86. The van der Waals surface area contributed by atoms with Crippen LogP contribution in [0.25, 0.3) is 11.3 Å². The Morgan fingerprint density at radius 2 is 1.59 bits per heavy atom. The maximum absolute atomic E-state index is 4.79. The molecule has 0 amide bonds. The van der Waals surface area contributed by atoms with Gasteiger partial charge in [-0.3, -0.25) is 4.99 Å². The molecule has 2 nitrogen and oxygen atoms in total. The molecule has 0 fully saturated rings. The van der Waals surface area contributed by atoms with Crippen LogP contribution in [0.1, 0.15) is 10.4 Å². The molecule has 0 aliphatic rings. The topological polar surface area (TPSA) is 17.3 Å². The molecule has 0 bridgehead atoms. The van der Waals surface area contributed by atoms with Crippen molar-refractivity contribution in [1.82, 2.24) is 4.57 Å². The molecule has 112 valence electrons. The number of rotatable bonds is 4. The first-order valence-electron chi connectivity index (χ1n) is 7.52. The van der Waals surface area contributed by atoms with Gasteiger partial charge in [0.05, 0.1) is 5.69 Å². The minimum Gasteiger partial charge on any atom is -0.320 e. The van der Waals surface area contributed by atoms with Gasteiger partial charge in [-0.25, -0.2) is 0 Å². The van der Waals surface area contributed by atoms with Crippen molar-refractivity contribution in [3.63, 3.8) is 0 Å². The fourth-order valence-corrected chi connectivity index (χ4v) is 3.65. The van der Waals surface area contributed by atoms with Gasteiger partial charge in [0.25, 0.3) is 0 Å².